The summed E-state index contributed by atoms with van der Waals surface area (Å²) in [5, 5.41) is 33.6. The Morgan fingerprint density at radius 1 is 1.13 bits per heavy atom. The van der Waals surface area contributed by atoms with E-state index in [4.69, 9.17) is 9.47 Å². The average molecular weight is 428 g/mol. The molecule has 0 saturated carbocycles. The molecule has 4 atom stereocenters. The Bertz CT molecular complexity index is 1010. The van der Waals surface area contributed by atoms with Crippen molar-refractivity contribution in [1.82, 2.24) is 9.55 Å². The number of ether oxygens (including phenoxy) is 2. The highest BCUT2D eigenvalue weighted by Crippen LogP contribution is 2.35. The van der Waals surface area contributed by atoms with Crippen LogP contribution in [-0.4, -0.2) is 56.4 Å². The lowest BCUT2D eigenvalue weighted by atomic mass is 10.1. The number of unbranched alkanes of at least 4 members (excludes halogenated alkanes) is 1. The van der Waals surface area contributed by atoms with E-state index in [2.05, 4.69) is 17.2 Å². The van der Waals surface area contributed by atoms with Crippen LogP contribution < -0.4 is 10.1 Å². The molecule has 8 heteroatoms. The van der Waals surface area contributed by atoms with Gasteiger partial charge in [-0.25, -0.2) is 4.98 Å². The van der Waals surface area contributed by atoms with Gasteiger partial charge in [0.15, 0.2) is 6.23 Å². The summed E-state index contributed by atoms with van der Waals surface area (Å²) in [5.74, 6) is 1.33. The van der Waals surface area contributed by atoms with Crippen molar-refractivity contribution < 1.29 is 24.8 Å². The van der Waals surface area contributed by atoms with Gasteiger partial charge in [0.1, 0.15) is 24.1 Å². The molecule has 31 heavy (non-hydrogen) atoms. The van der Waals surface area contributed by atoms with E-state index in [1.165, 1.54) is 0 Å². The summed E-state index contributed by atoms with van der Waals surface area (Å²) in [6.07, 6.45) is -2.00. The first-order chi connectivity index (χ1) is 15.1. The summed E-state index contributed by atoms with van der Waals surface area (Å²) in [7, 11) is 0. The molecular weight excluding hydrogens is 398 g/mol. The van der Waals surface area contributed by atoms with Crippen LogP contribution in [0.4, 0.5) is 5.95 Å². The molecular formula is C23H29N3O5. The third-order valence-electron chi connectivity index (χ3n) is 5.48. The van der Waals surface area contributed by atoms with Crippen molar-refractivity contribution in [2.45, 2.75) is 50.8 Å². The molecule has 2 aromatic carbocycles. The number of aliphatic hydroxyl groups excluding tert-OH is 3. The number of aromatic nitrogens is 2. The number of imidazole rings is 1. The van der Waals surface area contributed by atoms with Crippen molar-refractivity contribution in [3.8, 4) is 5.75 Å². The number of nitrogens with one attached hydrogen (secondary N) is 1. The lowest BCUT2D eigenvalue weighted by Crippen LogP contribution is -2.33. The predicted octanol–water partition coefficient (Wildman–Crippen LogP) is 2.44. The Labute approximate surface area is 181 Å². The quantitative estimate of drug-likeness (QED) is 0.388. The van der Waals surface area contributed by atoms with Gasteiger partial charge in [-0.1, -0.05) is 37.6 Å². The van der Waals surface area contributed by atoms with Crippen molar-refractivity contribution in [2.75, 3.05) is 18.5 Å². The lowest BCUT2D eigenvalue weighted by molar-refractivity contribution is -0.0499. The fourth-order valence-corrected chi connectivity index (χ4v) is 3.78. The molecule has 1 aliphatic rings. The first-order valence-corrected chi connectivity index (χ1v) is 10.7. The summed E-state index contributed by atoms with van der Waals surface area (Å²) >= 11 is 0. The largest absolute Gasteiger partial charge is 0.494 e. The fourth-order valence-electron chi connectivity index (χ4n) is 3.78. The molecule has 0 spiro atoms. The zero-order chi connectivity index (χ0) is 21.8. The standard InChI is InChI=1S/C23H29N3O5/c1-2-3-11-30-16-8-6-7-15(12-16)13-24-23-25-17-9-4-5-10-18(17)26(23)22-21(29)20(28)19(14-27)31-22/h4-10,12,19-22,27-29H,2-3,11,13-14H2,1H3,(H,24,25)/t19-,20-,21-,22-/m1/s1. The van der Waals surface area contributed by atoms with Crippen LogP contribution in [0.1, 0.15) is 31.6 Å². The minimum absolute atomic E-state index is 0.380. The Balaban J connectivity index is 1.57. The van der Waals surface area contributed by atoms with Crippen LogP contribution in [0.3, 0.4) is 0 Å². The van der Waals surface area contributed by atoms with Gasteiger partial charge in [-0.2, -0.15) is 0 Å². The number of hydrogen-bond donors (Lipinski definition) is 4. The van der Waals surface area contributed by atoms with Crippen LogP contribution in [0.15, 0.2) is 48.5 Å². The zero-order valence-electron chi connectivity index (χ0n) is 17.5. The second-order valence-electron chi connectivity index (χ2n) is 7.73. The summed E-state index contributed by atoms with van der Waals surface area (Å²) in [6, 6.07) is 15.4. The van der Waals surface area contributed by atoms with Crippen LogP contribution >= 0.6 is 0 Å². The molecule has 0 aliphatic carbocycles. The summed E-state index contributed by atoms with van der Waals surface area (Å²) in [5.41, 5.74) is 2.52. The smallest absolute Gasteiger partial charge is 0.206 e. The summed E-state index contributed by atoms with van der Waals surface area (Å²) < 4.78 is 13.3. The molecule has 0 bridgehead atoms. The Morgan fingerprint density at radius 2 is 1.97 bits per heavy atom. The van der Waals surface area contributed by atoms with Gasteiger partial charge in [0.25, 0.3) is 0 Å². The second kappa shape index (κ2) is 9.65. The van der Waals surface area contributed by atoms with E-state index in [1.807, 2.05) is 48.5 Å². The number of fused-ring (bicyclic) bond motifs is 1. The van der Waals surface area contributed by atoms with E-state index >= 15 is 0 Å². The molecule has 0 amide bonds. The monoisotopic (exact) mass is 427 g/mol. The van der Waals surface area contributed by atoms with Crippen LogP contribution in [0, 0.1) is 0 Å². The number of para-hydroxylation sites is 2. The number of rotatable bonds is 9. The third kappa shape index (κ3) is 4.52. The van der Waals surface area contributed by atoms with Gasteiger partial charge in [0.05, 0.1) is 24.2 Å². The molecule has 1 saturated heterocycles. The molecule has 166 valence electrons. The zero-order valence-corrected chi connectivity index (χ0v) is 17.5. The van der Waals surface area contributed by atoms with E-state index in [0.29, 0.717) is 19.1 Å². The van der Waals surface area contributed by atoms with Crippen LogP contribution in [-0.2, 0) is 11.3 Å². The lowest BCUT2D eigenvalue weighted by Gasteiger charge is -2.20. The first kappa shape index (κ1) is 21.6. The van der Waals surface area contributed by atoms with Crippen molar-refractivity contribution in [1.29, 1.82) is 0 Å². The van der Waals surface area contributed by atoms with Crippen molar-refractivity contribution >= 4 is 17.0 Å². The highest BCUT2D eigenvalue weighted by atomic mass is 16.6. The van der Waals surface area contributed by atoms with Gasteiger partial charge >= 0.3 is 0 Å². The average Bonchev–Trinajstić information content (AvgIpc) is 3.29. The molecule has 4 N–H and O–H groups in total. The topological polar surface area (TPSA) is 109 Å². The van der Waals surface area contributed by atoms with Crippen LogP contribution in [0.5, 0.6) is 5.75 Å². The highest BCUT2D eigenvalue weighted by molar-refractivity contribution is 5.78. The van der Waals surface area contributed by atoms with Gasteiger partial charge in [-0.15, -0.1) is 0 Å². The molecule has 1 aliphatic heterocycles. The molecule has 8 nitrogen and oxygen atoms in total. The molecule has 1 aromatic heterocycles. The van der Waals surface area contributed by atoms with Gasteiger partial charge in [-0.3, -0.25) is 4.57 Å². The second-order valence-corrected chi connectivity index (χ2v) is 7.73. The van der Waals surface area contributed by atoms with Crippen molar-refractivity contribution in [2.24, 2.45) is 0 Å². The number of benzene rings is 2. The fraction of sp³-hybridized carbons (Fsp3) is 0.435. The molecule has 2 heterocycles. The third-order valence-corrected chi connectivity index (χ3v) is 5.48. The normalized spacial score (nSPS) is 23.4. The maximum absolute atomic E-state index is 10.6. The van der Waals surface area contributed by atoms with Crippen molar-refractivity contribution in [3.05, 3.63) is 54.1 Å². The molecule has 4 rings (SSSR count). The maximum Gasteiger partial charge on any atom is 0.206 e. The Hall–Kier alpha value is -2.65. The summed E-state index contributed by atoms with van der Waals surface area (Å²) in [4.78, 5) is 4.65. The Morgan fingerprint density at radius 3 is 2.74 bits per heavy atom. The SMILES string of the molecule is CCCCOc1cccc(CNc2nc3ccccc3n2[C@@H]2O[C@H](CO)[C@@H](O)[C@H]2O)c1. The number of hydrogen-bond acceptors (Lipinski definition) is 7. The maximum atomic E-state index is 10.6. The first-order valence-electron chi connectivity index (χ1n) is 10.7. The highest BCUT2D eigenvalue weighted by Gasteiger charge is 2.44. The number of nitrogens with zero attached hydrogens (tertiary/aromatic N) is 2. The van der Waals surface area contributed by atoms with E-state index in [1.54, 1.807) is 4.57 Å². The number of aliphatic hydroxyl groups is 3. The summed E-state index contributed by atoms with van der Waals surface area (Å²) in [6.45, 7) is 2.93. The molecule has 3 aromatic rings. The minimum atomic E-state index is -1.19. The molecule has 0 unspecified atom stereocenters. The van der Waals surface area contributed by atoms with E-state index in [0.717, 1.165) is 35.2 Å². The minimum Gasteiger partial charge on any atom is -0.494 e. The van der Waals surface area contributed by atoms with Gasteiger partial charge in [0, 0.05) is 6.54 Å². The van der Waals surface area contributed by atoms with Gasteiger partial charge in [0.2, 0.25) is 5.95 Å². The van der Waals surface area contributed by atoms with E-state index < -0.39 is 24.5 Å². The van der Waals surface area contributed by atoms with Crippen LogP contribution in [0.2, 0.25) is 0 Å². The van der Waals surface area contributed by atoms with E-state index in [9.17, 15) is 15.3 Å². The van der Waals surface area contributed by atoms with E-state index in [-0.39, 0.29) is 6.61 Å². The Kier molecular flexibility index (Phi) is 6.72. The van der Waals surface area contributed by atoms with Crippen LogP contribution in [0.25, 0.3) is 11.0 Å². The molecule has 0 radical (unpaired) electrons. The van der Waals surface area contributed by atoms with Gasteiger partial charge in [-0.05, 0) is 36.2 Å². The molecule has 1 fully saturated rings. The predicted molar refractivity (Wildman–Crippen MR) is 117 cm³/mol. The van der Waals surface area contributed by atoms with Gasteiger partial charge < -0.3 is 30.1 Å². The van der Waals surface area contributed by atoms with Crippen molar-refractivity contribution in [3.63, 3.8) is 0 Å². The number of anilines is 1.